The molecule has 0 saturated carbocycles. The first-order chi connectivity index (χ1) is 13.6. The van der Waals surface area contributed by atoms with Gasteiger partial charge in [-0.05, 0) is 42.5 Å². The predicted octanol–water partition coefficient (Wildman–Crippen LogP) is 4.40. The minimum Gasteiger partial charge on any atom is -0.497 e. The molecule has 0 aliphatic heterocycles. The number of hydrogen-bond donors (Lipinski definition) is 1. The summed E-state index contributed by atoms with van der Waals surface area (Å²) in [6.45, 7) is 0.336. The average molecular weight is 376 g/mol. The van der Waals surface area contributed by atoms with E-state index in [1.54, 1.807) is 14.2 Å². The minimum atomic E-state index is -0.150. The third kappa shape index (κ3) is 4.26. The summed E-state index contributed by atoms with van der Waals surface area (Å²) in [6, 6.07) is 23.0. The van der Waals surface area contributed by atoms with Crippen LogP contribution in [0.1, 0.15) is 15.9 Å². The second kappa shape index (κ2) is 8.95. The van der Waals surface area contributed by atoms with Crippen molar-refractivity contribution < 1.29 is 14.3 Å². The number of rotatable bonds is 7. The fraction of sp³-hybridized carbons (Fsp3) is 0.174. The Morgan fingerprint density at radius 2 is 1.64 bits per heavy atom. The van der Waals surface area contributed by atoms with Crippen LogP contribution in [0.5, 0.6) is 11.5 Å². The van der Waals surface area contributed by atoms with E-state index >= 15 is 0 Å². The van der Waals surface area contributed by atoms with E-state index in [0.29, 0.717) is 23.6 Å². The summed E-state index contributed by atoms with van der Waals surface area (Å²) < 4.78 is 10.7. The molecule has 0 saturated heterocycles. The molecule has 0 spiro atoms. The summed E-state index contributed by atoms with van der Waals surface area (Å²) in [5.41, 5.74) is 3.31. The van der Waals surface area contributed by atoms with Crippen LogP contribution in [0.15, 0.2) is 72.8 Å². The van der Waals surface area contributed by atoms with E-state index in [1.807, 2.05) is 84.7 Å². The molecule has 0 aliphatic carbocycles. The molecule has 3 rings (SSSR count). The van der Waals surface area contributed by atoms with Gasteiger partial charge in [0.1, 0.15) is 11.5 Å². The number of carbonyl (C=O) groups excluding carboxylic acids is 1. The van der Waals surface area contributed by atoms with Gasteiger partial charge in [0.15, 0.2) is 0 Å². The summed E-state index contributed by atoms with van der Waals surface area (Å²) >= 11 is 0. The highest BCUT2D eigenvalue weighted by Gasteiger charge is 2.15. The van der Waals surface area contributed by atoms with Crippen molar-refractivity contribution in [1.82, 2.24) is 5.32 Å². The summed E-state index contributed by atoms with van der Waals surface area (Å²) in [5, 5.41) is 2.99. The number of methoxy groups -OCH3 is 2. The van der Waals surface area contributed by atoms with Gasteiger partial charge < -0.3 is 19.7 Å². The number of carbonyl (C=O) groups is 1. The number of hydrogen-bond acceptors (Lipinski definition) is 4. The van der Waals surface area contributed by atoms with Crippen molar-refractivity contribution in [1.29, 1.82) is 0 Å². The molecule has 0 aliphatic rings. The van der Waals surface area contributed by atoms with Crippen LogP contribution < -0.4 is 19.7 Å². The molecule has 5 nitrogen and oxygen atoms in total. The highest BCUT2D eigenvalue weighted by Crippen LogP contribution is 2.27. The smallest absolute Gasteiger partial charge is 0.253 e. The zero-order chi connectivity index (χ0) is 19.9. The van der Waals surface area contributed by atoms with Crippen molar-refractivity contribution >= 4 is 17.3 Å². The lowest BCUT2D eigenvalue weighted by atomic mass is 10.1. The van der Waals surface area contributed by atoms with Gasteiger partial charge in [0.2, 0.25) is 0 Å². The number of benzene rings is 3. The number of anilines is 2. The van der Waals surface area contributed by atoms with E-state index < -0.39 is 0 Å². The Labute approximate surface area is 165 Å². The topological polar surface area (TPSA) is 50.8 Å². The monoisotopic (exact) mass is 376 g/mol. The van der Waals surface area contributed by atoms with Crippen molar-refractivity contribution in [2.24, 2.45) is 0 Å². The molecule has 0 unspecified atom stereocenters. The molecule has 0 fully saturated rings. The van der Waals surface area contributed by atoms with Gasteiger partial charge in [0, 0.05) is 24.8 Å². The summed E-state index contributed by atoms with van der Waals surface area (Å²) in [7, 11) is 5.17. The van der Waals surface area contributed by atoms with Crippen molar-refractivity contribution in [3.63, 3.8) is 0 Å². The summed E-state index contributed by atoms with van der Waals surface area (Å²) in [5.74, 6) is 1.27. The van der Waals surface area contributed by atoms with Crippen LogP contribution in [0.25, 0.3) is 0 Å². The van der Waals surface area contributed by atoms with Crippen molar-refractivity contribution in [3.8, 4) is 11.5 Å². The first kappa shape index (κ1) is 19.3. The molecule has 0 bridgehead atoms. The largest absolute Gasteiger partial charge is 0.497 e. The molecule has 0 atom stereocenters. The van der Waals surface area contributed by atoms with E-state index in [2.05, 4.69) is 5.32 Å². The van der Waals surface area contributed by atoms with Gasteiger partial charge in [-0.2, -0.15) is 0 Å². The lowest BCUT2D eigenvalue weighted by molar-refractivity contribution is 0.0951. The van der Waals surface area contributed by atoms with Crippen molar-refractivity contribution in [3.05, 3.63) is 83.9 Å². The zero-order valence-electron chi connectivity index (χ0n) is 16.3. The normalized spacial score (nSPS) is 10.2. The third-order valence-electron chi connectivity index (χ3n) is 4.58. The van der Waals surface area contributed by atoms with Crippen LogP contribution in [0.3, 0.4) is 0 Å². The summed E-state index contributed by atoms with van der Waals surface area (Å²) in [4.78, 5) is 14.9. The van der Waals surface area contributed by atoms with E-state index in [1.165, 1.54) is 0 Å². The Morgan fingerprint density at radius 1 is 0.929 bits per heavy atom. The first-order valence-corrected chi connectivity index (χ1v) is 9.01. The van der Waals surface area contributed by atoms with Crippen LogP contribution in [0.4, 0.5) is 11.4 Å². The maximum absolute atomic E-state index is 12.9. The van der Waals surface area contributed by atoms with Gasteiger partial charge in [-0.25, -0.2) is 0 Å². The number of ether oxygens (including phenoxy) is 2. The van der Waals surface area contributed by atoms with E-state index in [0.717, 1.165) is 16.9 Å². The van der Waals surface area contributed by atoms with Gasteiger partial charge in [0.25, 0.3) is 5.91 Å². The molecule has 144 valence electrons. The van der Waals surface area contributed by atoms with Crippen LogP contribution in [0.2, 0.25) is 0 Å². The zero-order valence-corrected chi connectivity index (χ0v) is 16.3. The highest BCUT2D eigenvalue weighted by molar-refractivity contribution is 6.00. The van der Waals surface area contributed by atoms with E-state index in [4.69, 9.17) is 9.47 Å². The fourth-order valence-electron chi connectivity index (χ4n) is 3.04. The molecular weight excluding hydrogens is 352 g/mol. The Kier molecular flexibility index (Phi) is 6.17. The Bertz CT molecular complexity index is 942. The molecule has 5 heteroatoms. The molecule has 3 aromatic carbocycles. The lowest BCUT2D eigenvalue weighted by Crippen LogP contribution is -2.25. The van der Waals surface area contributed by atoms with Gasteiger partial charge in [-0.15, -0.1) is 0 Å². The molecule has 0 aromatic heterocycles. The molecular formula is C23H24N2O3. The molecule has 1 N–H and O–H groups in total. The second-order valence-electron chi connectivity index (χ2n) is 6.27. The van der Waals surface area contributed by atoms with Crippen LogP contribution in [-0.2, 0) is 6.54 Å². The third-order valence-corrected chi connectivity index (χ3v) is 4.58. The van der Waals surface area contributed by atoms with Crippen LogP contribution in [-0.4, -0.2) is 27.2 Å². The van der Waals surface area contributed by atoms with Gasteiger partial charge in [-0.1, -0.05) is 30.3 Å². The number of para-hydroxylation sites is 2. The molecule has 3 aromatic rings. The lowest BCUT2D eigenvalue weighted by Gasteiger charge is -2.22. The van der Waals surface area contributed by atoms with Crippen molar-refractivity contribution in [2.75, 3.05) is 26.2 Å². The molecule has 28 heavy (non-hydrogen) atoms. The molecule has 1 amide bonds. The first-order valence-electron chi connectivity index (χ1n) is 9.01. The van der Waals surface area contributed by atoms with Gasteiger partial charge >= 0.3 is 0 Å². The Hall–Kier alpha value is -3.47. The standard InChI is InChI=1S/C23H24N2O3/c1-25(18-9-5-4-6-10-18)21-12-8-7-11-20(21)23(26)24-16-17-15-19(27-2)13-14-22(17)28-3/h4-15H,16H2,1-3H3,(H,24,26). The summed E-state index contributed by atoms with van der Waals surface area (Å²) in [6.07, 6.45) is 0. The fourth-order valence-corrected chi connectivity index (χ4v) is 3.04. The van der Waals surface area contributed by atoms with Gasteiger partial charge in [-0.3, -0.25) is 4.79 Å². The average Bonchev–Trinajstić information content (AvgIpc) is 2.77. The maximum Gasteiger partial charge on any atom is 0.253 e. The number of nitrogens with one attached hydrogen (secondary N) is 1. The van der Waals surface area contributed by atoms with Crippen LogP contribution in [0, 0.1) is 0 Å². The highest BCUT2D eigenvalue weighted by atomic mass is 16.5. The van der Waals surface area contributed by atoms with Crippen LogP contribution >= 0.6 is 0 Å². The Balaban J connectivity index is 1.81. The number of amides is 1. The molecule has 0 radical (unpaired) electrons. The van der Waals surface area contributed by atoms with Crippen molar-refractivity contribution in [2.45, 2.75) is 6.54 Å². The molecule has 0 heterocycles. The van der Waals surface area contributed by atoms with E-state index in [9.17, 15) is 4.79 Å². The van der Waals surface area contributed by atoms with Gasteiger partial charge in [0.05, 0.1) is 25.5 Å². The van der Waals surface area contributed by atoms with E-state index in [-0.39, 0.29) is 5.91 Å². The quantitative estimate of drug-likeness (QED) is 0.664. The predicted molar refractivity (Wildman–Crippen MR) is 112 cm³/mol. The SMILES string of the molecule is COc1ccc(OC)c(CNC(=O)c2ccccc2N(C)c2ccccc2)c1. The number of nitrogens with zero attached hydrogens (tertiary/aromatic N) is 1. The minimum absolute atomic E-state index is 0.150. The maximum atomic E-state index is 12.9. The second-order valence-corrected chi connectivity index (χ2v) is 6.27. The Morgan fingerprint density at radius 3 is 2.36 bits per heavy atom.